The maximum absolute atomic E-state index is 5.62. The van der Waals surface area contributed by atoms with Gasteiger partial charge in [0.2, 0.25) is 0 Å². The highest BCUT2D eigenvalue weighted by atomic mass is 32.2. The van der Waals surface area contributed by atoms with Crippen LogP contribution in [-0.4, -0.2) is 15.7 Å². The molecule has 6 heteroatoms. The van der Waals surface area contributed by atoms with Crippen LogP contribution in [0.1, 0.15) is 10.4 Å². The first-order valence-corrected chi connectivity index (χ1v) is 8.75. The predicted molar refractivity (Wildman–Crippen MR) is 90.5 cm³/mol. The van der Waals surface area contributed by atoms with Gasteiger partial charge in [0.15, 0.2) is 11.6 Å². The summed E-state index contributed by atoms with van der Waals surface area (Å²) in [5.41, 5.74) is 5.04. The molecule has 0 fully saturated rings. The van der Waals surface area contributed by atoms with Crippen LogP contribution in [0.25, 0.3) is 21.6 Å². The molecule has 1 aliphatic rings. The number of para-hydroxylation sites is 1. The van der Waals surface area contributed by atoms with Crippen LogP contribution in [0.5, 0.6) is 0 Å². The third kappa shape index (κ3) is 2.29. The number of benzene rings is 1. The monoisotopic (exact) mass is 314 g/mol. The molecule has 0 saturated heterocycles. The number of hydrazine groups is 1. The van der Waals surface area contributed by atoms with Gasteiger partial charge in [-0.05, 0) is 35.9 Å². The molecule has 3 N–H and O–H groups in total. The highest BCUT2D eigenvalue weighted by molar-refractivity contribution is 7.98. The minimum atomic E-state index is 0.677. The first-order valence-electron chi connectivity index (χ1n) is 6.78. The zero-order chi connectivity index (χ0) is 14.2. The van der Waals surface area contributed by atoms with Crippen molar-refractivity contribution in [2.75, 3.05) is 11.2 Å². The summed E-state index contributed by atoms with van der Waals surface area (Å²) in [4.78, 5) is 11.9. The molecule has 2 aromatic heterocycles. The van der Waals surface area contributed by atoms with Gasteiger partial charge in [-0.15, -0.1) is 11.3 Å². The zero-order valence-corrected chi connectivity index (χ0v) is 12.9. The van der Waals surface area contributed by atoms with Crippen LogP contribution in [0, 0.1) is 0 Å². The smallest absolute Gasteiger partial charge is 0.172 e. The third-order valence-electron chi connectivity index (χ3n) is 3.59. The molecule has 3 aromatic rings. The fourth-order valence-corrected chi connectivity index (χ4v) is 4.86. The number of nitrogen functional groups attached to an aromatic ring is 1. The Morgan fingerprint density at radius 1 is 1.19 bits per heavy atom. The SMILES string of the molecule is NNc1nc(-c2cc3c(s2)CCSC3)nc2ccccc12. The van der Waals surface area contributed by atoms with Crippen LogP contribution in [0.3, 0.4) is 0 Å². The molecule has 0 unspecified atom stereocenters. The quantitative estimate of drug-likeness (QED) is 0.560. The summed E-state index contributed by atoms with van der Waals surface area (Å²) >= 11 is 3.80. The number of hydrogen-bond acceptors (Lipinski definition) is 6. The number of aryl methyl sites for hydroxylation is 1. The van der Waals surface area contributed by atoms with E-state index in [1.165, 1.54) is 16.2 Å². The highest BCUT2D eigenvalue weighted by Gasteiger charge is 2.17. The van der Waals surface area contributed by atoms with E-state index in [0.29, 0.717) is 5.82 Å². The normalized spacial score (nSPS) is 14.1. The van der Waals surface area contributed by atoms with Crippen LogP contribution in [0.2, 0.25) is 0 Å². The van der Waals surface area contributed by atoms with E-state index in [0.717, 1.165) is 33.8 Å². The zero-order valence-electron chi connectivity index (χ0n) is 11.3. The molecule has 0 bridgehead atoms. The van der Waals surface area contributed by atoms with E-state index < -0.39 is 0 Å². The summed E-state index contributed by atoms with van der Waals surface area (Å²) < 4.78 is 0. The molecular weight excluding hydrogens is 300 g/mol. The summed E-state index contributed by atoms with van der Waals surface area (Å²) in [7, 11) is 0. The van der Waals surface area contributed by atoms with Gasteiger partial charge in [0.1, 0.15) is 0 Å². The van der Waals surface area contributed by atoms with Crippen molar-refractivity contribution in [2.24, 2.45) is 5.84 Å². The fourth-order valence-electron chi connectivity index (χ4n) is 2.55. The Hall–Kier alpha value is -1.63. The maximum atomic E-state index is 5.62. The Labute approximate surface area is 130 Å². The maximum Gasteiger partial charge on any atom is 0.172 e. The number of nitrogens with one attached hydrogen (secondary N) is 1. The Morgan fingerprint density at radius 2 is 2.10 bits per heavy atom. The second-order valence-corrected chi connectivity index (χ2v) is 7.16. The van der Waals surface area contributed by atoms with Gasteiger partial charge >= 0.3 is 0 Å². The van der Waals surface area contributed by atoms with Crippen molar-refractivity contribution in [3.8, 4) is 10.7 Å². The number of aromatic nitrogens is 2. The van der Waals surface area contributed by atoms with Crippen molar-refractivity contribution < 1.29 is 0 Å². The van der Waals surface area contributed by atoms with E-state index in [1.54, 1.807) is 0 Å². The van der Waals surface area contributed by atoms with Crippen LogP contribution in [-0.2, 0) is 12.2 Å². The second-order valence-electron chi connectivity index (χ2n) is 4.92. The number of nitrogens with two attached hydrogens (primary N) is 1. The van der Waals surface area contributed by atoms with E-state index in [1.807, 2.05) is 47.4 Å². The van der Waals surface area contributed by atoms with Gasteiger partial charge in [-0.3, -0.25) is 0 Å². The lowest BCUT2D eigenvalue weighted by atomic mass is 10.2. The van der Waals surface area contributed by atoms with Crippen molar-refractivity contribution >= 4 is 39.8 Å². The van der Waals surface area contributed by atoms with Crippen molar-refractivity contribution in [3.63, 3.8) is 0 Å². The largest absolute Gasteiger partial charge is 0.308 e. The molecule has 0 saturated carbocycles. The summed E-state index contributed by atoms with van der Waals surface area (Å²) in [5, 5.41) is 0.945. The molecule has 0 radical (unpaired) electrons. The van der Waals surface area contributed by atoms with Crippen molar-refractivity contribution in [3.05, 3.63) is 40.8 Å². The van der Waals surface area contributed by atoms with Crippen LogP contribution in [0.4, 0.5) is 5.82 Å². The van der Waals surface area contributed by atoms with Crippen molar-refractivity contribution in [1.82, 2.24) is 9.97 Å². The van der Waals surface area contributed by atoms with Crippen molar-refractivity contribution in [2.45, 2.75) is 12.2 Å². The van der Waals surface area contributed by atoms with Gasteiger partial charge in [0.05, 0.1) is 10.4 Å². The first kappa shape index (κ1) is 13.1. The topological polar surface area (TPSA) is 63.8 Å². The van der Waals surface area contributed by atoms with Crippen LogP contribution < -0.4 is 11.3 Å². The van der Waals surface area contributed by atoms with Gasteiger partial charge in [-0.2, -0.15) is 11.8 Å². The molecule has 0 aliphatic carbocycles. The first-order chi connectivity index (χ1) is 10.3. The molecule has 1 aromatic carbocycles. The Kier molecular flexibility index (Phi) is 3.29. The highest BCUT2D eigenvalue weighted by Crippen LogP contribution is 2.36. The van der Waals surface area contributed by atoms with Crippen molar-refractivity contribution in [1.29, 1.82) is 0 Å². The average Bonchev–Trinajstić information content (AvgIpc) is 2.98. The Morgan fingerprint density at radius 3 is 2.95 bits per heavy atom. The minimum absolute atomic E-state index is 0.677. The molecule has 106 valence electrons. The number of hydrogen-bond donors (Lipinski definition) is 2. The lowest BCUT2D eigenvalue weighted by Gasteiger charge is -2.08. The van der Waals surface area contributed by atoms with Gasteiger partial charge in [-0.1, -0.05) is 12.1 Å². The molecule has 4 rings (SSSR count). The van der Waals surface area contributed by atoms with E-state index >= 15 is 0 Å². The third-order valence-corrected chi connectivity index (χ3v) is 5.83. The summed E-state index contributed by atoms with van der Waals surface area (Å²) in [5.74, 6) is 9.36. The molecular formula is C15H14N4S2. The summed E-state index contributed by atoms with van der Waals surface area (Å²) in [6.45, 7) is 0. The Bertz CT molecular complexity index is 789. The lowest BCUT2D eigenvalue weighted by Crippen LogP contribution is -2.10. The number of rotatable bonds is 2. The average molecular weight is 314 g/mol. The number of nitrogens with zero attached hydrogens (tertiary/aromatic N) is 2. The Balaban J connectivity index is 1.88. The van der Waals surface area contributed by atoms with Gasteiger partial charge in [0.25, 0.3) is 0 Å². The second kappa shape index (κ2) is 5.29. The molecule has 3 heterocycles. The van der Waals surface area contributed by atoms with E-state index in [-0.39, 0.29) is 0 Å². The number of fused-ring (bicyclic) bond motifs is 2. The van der Waals surface area contributed by atoms with Gasteiger partial charge < -0.3 is 5.43 Å². The van der Waals surface area contributed by atoms with E-state index in [4.69, 9.17) is 10.8 Å². The number of anilines is 1. The van der Waals surface area contributed by atoms with Gasteiger partial charge in [-0.25, -0.2) is 15.8 Å². The number of thioether (sulfide) groups is 1. The van der Waals surface area contributed by atoms with Crippen LogP contribution >= 0.6 is 23.1 Å². The predicted octanol–water partition coefficient (Wildman–Crippen LogP) is 3.43. The van der Waals surface area contributed by atoms with Crippen LogP contribution in [0.15, 0.2) is 30.3 Å². The molecule has 0 atom stereocenters. The fraction of sp³-hybridized carbons (Fsp3) is 0.200. The van der Waals surface area contributed by atoms with Gasteiger partial charge in [0, 0.05) is 16.0 Å². The van der Waals surface area contributed by atoms with E-state index in [2.05, 4.69) is 16.5 Å². The molecule has 4 nitrogen and oxygen atoms in total. The lowest BCUT2D eigenvalue weighted by molar-refractivity contribution is 1.13. The summed E-state index contributed by atoms with van der Waals surface area (Å²) in [6, 6.07) is 10.1. The molecule has 0 amide bonds. The molecule has 0 spiro atoms. The van der Waals surface area contributed by atoms with E-state index in [9.17, 15) is 0 Å². The molecule has 21 heavy (non-hydrogen) atoms. The number of thiophene rings is 1. The minimum Gasteiger partial charge on any atom is -0.308 e. The molecule has 1 aliphatic heterocycles. The standard InChI is InChI=1S/C15H14N4S2/c16-19-14-10-3-1-2-4-11(10)17-15(18-14)13-7-9-8-20-6-5-12(9)21-13/h1-4,7H,5-6,8,16H2,(H,17,18,19). The summed E-state index contributed by atoms with van der Waals surface area (Å²) in [6.07, 6.45) is 1.15.